The normalized spacial score (nSPS) is 10.9. The first kappa shape index (κ1) is 16.3. The van der Waals surface area contributed by atoms with Gasteiger partial charge in [-0.3, -0.25) is 4.79 Å². The lowest BCUT2D eigenvalue weighted by Gasteiger charge is -2.06. The molecule has 0 aliphatic heterocycles. The minimum absolute atomic E-state index is 0.108. The maximum Gasteiger partial charge on any atom is 0.190 e. The van der Waals surface area contributed by atoms with Crippen LogP contribution in [0.2, 0.25) is 0 Å². The Morgan fingerprint density at radius 1 is 1.18 bits per heavy atom. The summed E-state index contributed by atoms with van der Waals surface area (Å²) in [5.41, 5.74) is 1.30. The lowest BCUT2D eigenvalue weighted by molar-refractivity contribution is 0.104. The molecule has 0 aliphatic rings. The van der Waals surface area contributed by atoms with Crippen molar-refractivity contribution in [1.29, 1.82) is 0 Å². The lowest BCUT2D eigenvalue weighted by atomic mass is 10.1. The first-order valence-electron chi connectivity index (χ1n) is 6.91. The summed E-state index contributed by atoms with van der Waals surface area (Å²) in [6.45, 7) is 0. The van der Waals surface area contributed by atoms with E-state index in [4.69, 9.17) is 0 Å². The molecule has 0 bridgehead atoms. The van der Waals surface area contributed by atoms with Crippen molar-refractivity contribution in [1.82, 2.24) is 4.90 Å². The molecule has 22 heavy (non-hydrogen) atoms. The minimum Gasteiger partial charge on any atom is -0.383 e. The maximum absolute atomic E-state index is 13.8. The fourth-order valence-corrected chi connectivity index (χ4v) is 2.72. The van der Waals surface area contributed by atoms with Crippen molar-refractivity contribution < 1.29 is 9.18 Å². The number of benzene rings is 2. The lowest BCUT2D eigenvalue weighted by Crippen LogP contribution is -2.04. The van der Waals surface area contributed by atoms with Gasteiger partial charge in [0.15, 0.2) is 5.78 Å². The monoisotopic (exact) mass is 315 g/mol. The molecule has 0 spiro atoms. The summed E-state index contributed by atoms with van der Waals surface area (Å²) in [6.07, 6.45) is 3.00. The van der Waals surface area contributed by atoms with E-state index >= 15 is 0 Å². The van der Waals surface area contributed by atoms with Crippen LogP contribution in [0, 0.1) is 5.82 Å². The van der Waals surface area contributed by atoms with Gasteiger partial charge in [-0.25, -0.2) is 4.39 Å². The first-order chi connectivity index (χ1) is 10.6. The van der Waals surface area contributed by atoms with Crippen molar-refractivity contribution in [2.45, 2.75) is 10.6 Å². The summed E-state index contributed by atoms with van der Waals surface area (Å²) in [5.74, 6) is -0.0287. The Labute approximate surface area is 134 Å². The zero-order valence-corrected chi connectivity index (χ0v) is 13.4. The molecule has 4 heteroatoms. The summed E-state index contributed by atoms with van der Waals surface area (Å²) in [6, 6.07) is 14.7. The number of hydrogen-bond donors (Lipinski definition) is 0. The van der Waals surface area contributed by atoms with Gasteiger partial charge in [0, 0.05) is 37.0 Å². The summed E-state index contributed by atoms with van der Waals surface area (Å²) < 4.78 is 13.8. The highest BCUT2D eigenvalue weighted by molar-refractivity contribution is 7.98. The van der Waals surface area contributed by atoms with E-state index in [2.05, 4.69) is 0 Å². The van der Waals surface area contributed by atoms with E-state index in [9.17, 15) is 9.18 Å². The van der Waals surface area contributed by atoms with Crippen molar-refractivity contribution in [3.05, 3.63) is 77.8 Å². The molecule has 0 heterocycles. The van der Waals surface area contributed by atoms with Crippen molar-refractivity contribution >= 4 is 17.5 Å². The predicted octanol–water partition coefficient (Wildman–Crippen LogP) is 4.38. The van der Waals surface area contributed by atoms with Gasteiger partial charge in [0.2, 0.25) is 0 Å². The highest BCUT2D eigenvalue weighted by atomic mass is 32.2. The molecule has 0 aromatic heterocycles. The molecular weight excluding hydrogens is 297 g/mol. The average Bonchev–Trinajstić information content (AvgIpc) is 2.52. The van der Waals surface area contributed by atoms with Crippen molar-refractivity contribution in [2.75, 3.05) is 14.1 Å². The molecule has 2 nitrogen and oxygen atoms in total. The van der Waals surface area contributed by atoms with E-state index in [0.29, 0.717) is 0 Å². The fourth-order valence-electron chi connectivity index (χ4n) is 1.83. The third kappa shape index (κ3) is 4.74. The number of halogens is 1. The van der Waals surface area contributed by atoms with Crippen LogP contribution in [0.15, 0.2) is 65.7 Å². The largest absolute Gasteiger partial charge is 0.383 e. The van der Waals surface area contributed by atoms with Crippen molar-refractivity contribution in [3.8, 4) is 0 Å². The smallest absolute Gasteiger partial charge is 0.190 e. The Hall–Kier alpha value is -2.07. The van der Waals surface area contributed by atoms with Crippen LogP contribution < -0.4 is 0 Å². The molecule has 0 amide bonds. The van der Waals surface area contributed by atoms with Crippen molar-refractivity contribution in [3.63, 3.8) is 0 Å². The molecule has 2 aromatic carbocycles. The third-order valence-corrected chi connectivity index (χ3v) is 4.04. The van der Waals surface area contributed by atoms with Gasteiger partial charge < -0.3 is 4.90 Å². The van der Waals surface area contributed by atoms with Gasteiger partial charge in [-0.15, -0.1) is 11.8 Å². The molecular formula is C18H18FNOS. The quantitative estimate of drug-likeness (QED) is 0.448. The Morgan fingerprint density at radius 2 is 1.91 bits per heavy atom. The van der Waals surface area contributed by atoms with Crippen LogP contribution in [0.4, 0.5) is 4.39 Å². The predicted molar refractivity (Wildman–Crippen MR) is 89.6 cm³/mol. The van der Waals surface area contributed by atoms with E-state index < -0.39 is 5.82 Å². The number of hydrogen-bond acceptors (Lipinski definition) is 3. The van der Waals surface area contributed by atoms with Crippen LogP contribution in [0.25, 0.3) is 0 Å². The second kappa shape index (κ2) is 7.80. The van der Waals surface area contributed by atoms with E-state index in [1.165, 1.54) is 17.7 Å². The highest BCUT2D eigenvalue weighted by Gasteiger charge is 2.10. The third-order valence-electron chi connectivity index (χ3n) is 2.98. The molecule has 0 aliphatic carbocycles. The zero-order valence-electron chi connectivity index (χ0n) is 12.6. The van der Waals surface area contributed by atoms with Gasteiger partial charge in [0.1, 0.15) is 5.82 Å². The molecule has 2 rings (SSSR count). The molecule has 0 saturated carbocycles. The molecule has 0 fully saturated rings. The fraction of sp³-hybridized carbons (Fsp3) is 0.167. The second-order valence-electron chi connectivity index (χ2n) is 5.06. The Bertz CT molecular complexity index is 668. The van der Waals surface area contributed by atoms with Crippen LogP contribution in [0.3, 0.4) is 0 Å². The molecule has 0 radical (unpaired) electrons. The molecule has 2 aromatic rings. The topological polar surface area (TPSA) is 20.3 Å². The van der Waals surface area contributed by atoms with Gasteiger partial charge in [-0.1, -0.05) is 30.3 Å². The summed E-state index contributed by atoms with van der Waals surface area (Å²) >= 11 is 1.58. The van der Waals surface area contributed by atoms with Gasteiger partial charge in [-0.2, -0.15) is 0 Å². The van der Waals surface area contributed by atoms with Crippen LogP contribution in [-0.2, 0) is 5.75 Å². The molecule has 0 unspecified atom stereocenters. The van der Waals surface area contributed by atoms with Crippen LogP contribution >= 0.6 is 11.8 Å². The second-order valence-corrected chi connectivity index (χ2v) is 6.11. The van der Waals surface area contributed by atoms with E-state index in [1.54, 1.807) is 35.0 Å². The first-order valence-corrected chi connectivity index (χ1v) is 7.90. The number of carbonyl (C=O) groups excluding carboxylic acids is 1. The number of carbonyl (C=O) groups is 1. The number of nitrogens with zero attached hydrogens (tertiary/aromatic N) is 1. The number of ketones is 1. The van der Waals surface area contributed by atoms with E-state index in [1.807, 2.05) is 44.4 Å². The Morgan fingerprint density at radius 3 is 2.59 bits per heavy atom. The summed E-state index contributed by atoms with van der Waals surface area (Å²) in [5, 5.41) is 0. The van der Waals surface area contributed by atoms with Gasteiger partial charge in [0.05, 0.1) is 5.56 Å². The average molecular weight is 315 g/mol. The number of allylic oxidation sites excluding steroid dienone is 1. The maximum atomic E-state index is 13.8. The van der Waals surface area contributed by atoms with Gasteiger partial charge in [-0.05, 0) is 23.8 Å². The molecule has 114 valence electrons. The van der Waals surface area contributed by atoms with Crippen LogP contribution in [0.5, 0.6) is 0 Å². The van der Waals surface area contributed by atoms with Gasteiger partial charge in [0.25, 0.3) is 0 Å². The molecule has 0 saturated heterocycles. The standard InChI is InChI=1S/C18H18FNOS/c1-20(2)11-10-18(21)16-12-15(8-9-17(16)19)22-13-14-6-4-3-5-7-14/h3-12H,13H2,1-2H3. The Kier molecular flexibility index (Phi) is 5.78. The highest BCUT2D eigenvalue weighted by Crippen LogP contribution is 2.25. The zero-order chi connectivity index (χ0) is 15.9. The minimum atomic E-state index is -0.488. The molecule has 0 N–H and O–H groups in total. The SMILES string of the molecule is CN(C)C=CC(=O)c1cc(SCc2ccccc2)ccc1F. The number of rotatable bonds is 6. The van der Waals surface area contributed by atoms with Crippen LogP contribution in [-0.4, -0.2) is 24.8 Å². The Balaban J connectivity index is 2.11. The summed E-state index contributed by atoms with van der Waals surface area (Å²) in [4.78, 5) is 14.7. The molecule has 0 atom stereocenters. The van der Waals surface area contributed by atoms with Gasteiger partial charge >= 0.3 is 0 Å². The summed E-state index contributed by atoms with van der Waals surface area (Å²) in [7, 11) is 3.62. The van der Waals surface area contributed by atoms with Crippen LogP contribution in [0.1, 0.15) is 15.9 Å². The van der Waals surface area contributed by atoms with E-state index in [0.717, 1.165) is 10.6 Å². The number of thioether (sulfide) groups is 1. The van der Waals surface area contributed by atoms with Crippen molar-refractivity contribution in [2.24, 2.45) is 0 Å². The van der Waals surface area contributed by atoms with E-state index in [-0.39, 0.29) is 11.3 Å².